The number of carbonyl (C=O) groups is 1. The molecule has 0 spiro atoms. The van der Waals surface area contributed by atoms with Crippen molar-refractivity contribution < 1.29 is 9.18 Å². The van der Waals surface area contributed by atoms with Gasteiger partial charge in [0, 0.05) is 17.6 Å². The lowest BCUT2D eigenvalue weighted by molar-refractivity contribution is -0.130. The van der Waals surface area contributed by atoms with Gasteiger partial charge in [-0.15, -0.1) is 0 Å². The van der Waals surface area contributed by atoms with Gasteiger partial charge in [0.05, 0.1) is 6.04 Å². The largest absolute Gasteiger partial charge is 0.380 e. The van der Waals surface area contributed by atoms with Gasteiger partial charge in [-0.2, -0.15) is 0 Å². The van der Waals surface area contributed by atoms with Crippen LogP contribution in [0, 0.1) is 11.7 Å². The first-order chi connectivity index (χ1) is 15.7. The molecular formula is C28H35FN2O. The Balaban J connectivity index is 1.34. The second-order valence-corrected chi connectivity index (χ2v) is 9.96. The summed E-state index contributed by atoms with van der Waals surface area (Å²) in [6.07, 6.45) is 9.56. The molecule has 32 heavy (non-hydrogen) atoms. The normalized spacial score (nSPS) is 23.8. The van der Waals surface area contributed by atoms with Gasteiger partial charge in [0.1, 0.15) is 5.82 Å². The standard InChI is InChI=1S/C28H35FN2O/c29-24-12-6-5-11-23(24)20-16-18-31(19-17-20)27(28(32)22-9-2-1-3-10-22)26-15-14-21-8-4-7-13-25(21)30-26/h4-8,11-13,20,22,26-27,30H,1-3,9-10,14-19H2. The molecule has 2 unspecified atom stereocenters. The van der Waals surface area contributed by atoms with Crippen molar-refractivity contribution in [1.82, 2.24) is 4.90 Å². The van der Waals surface area contributed by atoms with E-state index in [1.807, 2.05) is 12.1 Å². The van der Waals surface area contributed by atoms with Gasteiger partial charge in [0.15, 0.2) is 5.78 Å². The lowest BCUT2D eigenvalue weighted by atomic mass is 9.79. The number of carbonyl (C=O) groups excluding carboxylic acids is 1. The predicted molar refractivity (Wildman–Crippen MR) is 127 cm³/mol. The minimum Gasteiger partial charge on any atom is -0.380 e. The Morgan fingerprint density at radius 2 is 1.62 bits per heavy atom. The zero-order valence-electron chi connectivity index (χ0n) is 18.9. The van der Waals surface area contributed by atoms with E-state index in [0.29, 0.717) is 5.78 Å². The van der Waals surface area contributed by atoms with Crippen molar-refractivity contribution in [3.8, 4) is 0 Å². The van der Waals surface area contributed by atoms with Gasteiger partial charge in [0.25, 0.3) is 0 Å². The molecule has 170 valence electrons. The molecule has 1 saturated heterocycles. The number of halogens is 1. The maximum Gasteiger partial charge on any atom is 0.155 e. The Bertz CT molecular complexity index is 931. The van der Waals surface area contributed by atoms with Crippen LogP contribution in [0.25, 0.3) is 0 Å². The lowest BCUT2D eigenvalue weighted by Gasteiger charge is -2.43. The average Bonchev–Trinajstić information content (AvgIpc) is 2.85. The zero-order valence-corrected chi connectivity index (χ0v) is 18.9. The predicted octanol–water partition coefficient (Wildman–Crippen LogP) is 5.95. The number of ketones is 1. The highest BCUT2D eigenvalue weighted by atomic mass is 19.1. The molecule has 1 saturated carbocycles. The quantitative estimate of drug-likeness (QED) is 0.631. The van der Waals surface area contributed by atoms with Gasteiger partial charge in [-0.3, -0.25) is 9.69 Å². The summed E-state index contributed by atoms with van der Waals surface area (Å²) in [5.74, 6) is 0.812. The summed E-state index contributed by atoms with van der Waals surface area (Å²) in [6, 6.07) is 15.8. The smallest absolute Gasteiger partial charge is 0.155 e. The number of nitrogens with zero attached hydrogens (tertiary/aromatic N) is 1. The summed E-state index contributed by atoms with van der Waals surface area (Å²) in [5, 5.41) is 3.74. The summed E-state index contributed by atoms with van der Waals surface area (Å²) in [7, 11) is 0. The Kier molecular flexibility index (Phi) is 6.59. The van der Waals surface area contributed by atoms with E-state index in [0.717, 1.165) is 57.2 Å². The summed E-state index contributed by atoms with van der Waals surface area (Å²) in [4.78, 5) is 16.3. The number of likely N-dealkylation sites (tertiary alicyclic amines) is 1. The minimum atomic E-state index is -0.0914. The van der Waals surface area contributed by atoms with Crippen molar-refractivity contribution in [2.75, 3.05) is 18.4 Å². The van der Waals surface area contributed by atoms with Crippen molar-refractivity contribution in [2.24, 2.45) is 5.92 Å². The van der Waals surface area contributed by atoms with E-state index >= 15 is 0 Å². The SMILES string of the molecule is O=C(C1CCCCC1)C(C1CCc2ccccc2N1)N1CCC(c2ccccc2F)CC1. The summed E-state index contributed by atoms with van der Waals surface area (Å²) >= 11 is 0. The fourth-order valence-corrected chi connectivity index (χ4v) is 6.25. The molecule has 2 aliphatic heterocycles. The highest BCUT2D eigenvalue weighted by Gasteiger charge is 2.40. The van der Waals surface area contributed by atoms with Gasteiger partial charge < -0.3 is 5.32 Å². The van der Waals surface area contributed by atoms with Crippen LogP contribution in [0.1, 0.15) is 68.4 Å². The van der Waals surface area contributed by atoms with Crippen LogP contribution in [0.3, 0.4) is 0 Å². The maximum atomic E-state index is 14.4. The Labute approximate surface area is 191 Å². The minimum absolute atomic E-state index is 0.0759. The number of rotatable bonds is 5. The van der Waals surface area contributed by atoms with E-state index in [4.69, 9.17) is 0 Å². The van der Waals surface area contributed by atoms with Crippen molar-refractivity contribution in [3.63, 3.8) is 0 Å². The molecule has 3 nitrogen and oxygen atoms in total. The molecule has 2 aromatic rings. The summed E-state index contributed by atoms with van der Waals surface area (Å²) < 4.78 is 14.4. The summed E-state index contributed by atoms with van der Waals surface area (Å²) in [6.45, 7) is 1.73. The molecule has 0 bridgehead atoms. The number of piperidine rings is 1. The molecule has 5 rings (SSSR count). The third kappa shape index (κ3) is 4.47. The van der Waals surface area contributed by atoms with Crippen LogP contribution in [-0.4, -0.2) is 35.9 Å². The number of anilines is 1. The Morgan fingerprint density at radius 3 is 2.41 bits per heavy atom. The Hall–Kier alpha value is -2.20. The van der Waals surface area contributed by atoms with Gasteiger partial charge in [0.2, 0.25) is 0 Å². The number of fused-ring (bicyclic) bond motifs is 1. The van der Waals surface area contributed by atoms with Gasteiger partial charge in [-0.1, -0.05) is 55.7 Å². The number of para-hydroxylation sites is 1. The third-order valence-electron chi connectivity index (χ3n) is 8.03. The molecule has 4 heteroatoms. The summed E-state index contributed by atoms with van der Waals surface area (Å²) in [5.41, 5.74) is 3.38. The highest BCUT2D eigenvalue weighted by Crippen LogP contribution is 2.35. The van der Waals surface area contributed by atoms with Crippen molar-refractivity contribution >= 4 is 11.5 Å². The van der Waals surface area contributed by atoms with E-state index < -0.39 is 0 Å². The molecule has 0 radical (unpaired) electrons. The first kappa shape index (κ1) is 21.6. The highest BCUT2D eigenvalue weighted by molar-refractivity contribution is 5.88. The van der Waals surface area contributed by atoms with E-state index in [2.05, 4.69) is 34.5 Å². The molecule has 0 aromatic heterocycles. The van der Waals surface area contributed by atoms with Crippen LogP contribution in [0.5, 0.6) is 0 Å². The first-order valence-corrected chi connectivity index (χ1v) is 12.6. The number of hydrogen-bond acceptors (Lipinski definition) is 3. The zero-order chi connectivity index (χ0) is 21.9. The van der Waals surface area contributed by atoms with Gasteiger partial charge in [-0.05, 0) is 80.8 Å². The fraction of sp³-hybridized carbons (Fsp3) is 0.536. The third-order valence-corrected chi connectivity index (χ3v) is 8.03. The van der Waals surface area contributed by atoms with Crippen molar-refractivity contribution in [1.29, 1.82) is 0 Å². The topological polar surface area (TPSA) is 32.3 Å². The van der Waals surface area contributed by atoms with E-state index in [1.165, 1.54) is 30.5 Å². The number of hydrogen-bond donors (Lipinski definition) is 1. The molecule has 2 heterocycles. The van der Waals surface area contributed by atoms with Crippen LogP contribution in [-0.2, 0) is 11.2 Å². The second-order valence-electron chi connectivity index (χ2n) is 9.96. The molecule has 2 fully saturated rings. The van der Waals surface area contributed by atoms with Gasteiger partial charge in [-0.25, -0.2) is 4.39 Å². The fourth-order valence-electron chi connectivity index (χ4n) is 6.25. The number of Topliss-reactive ketones (excluding diaryl/α,β-unsaturated/α-hetero) is 1. The van der Waals surface area contributed by atoms with Crippen molar-refractivity contribution in [2.45, 2.75) is 75.8 Å². The van der Waals surface area contributed by atoms with Gasteiger partial charge >= 0.3 is 0 Å². The van der Waals surface area contributed by atoms with Crippen LogP contribution in [0.15, 0.2) is 48.5 Å². The maximum absolute atomic E-state index is 14.4. The molecule has 1 aliphatic carbocycles. The number of aryl methyl sites for hydroxylation is 1. The second kappa shape index (κ2) is 9.74. The molecular weight excluding hydrogens is 399 g/mol. The van der Waals surface area contributed by atoms with E-state index in [1.54, 1.807) is 12.1 Å². The molecule has 1 N–H and O–H groups in total. The Morgan fingerprint density at radius 1 is 0.906 bits per heavy atom. The molecule has 0 amide bonds. The number of benzene rings is 2. The van der Waals surface area contributed by atoms with E-state index in [9.17, 15) is 9.18 Å². The monoisotopic (exact) mass is 434 g/mol. The molecule has 2 atom stereocenters. The van der Waals surface area contributed by atoms with Crippen LogP contribution in [0.4, 0.5) is 10.1 Å². The van der Waals surface area contributed by atoms with Crippen LogP contribution in [0.2, 0.25) is 0 Å². The van der Waals surface area contributed by atoms with Crippen LogP contribution < -0.4 is 5.32 Å². The van der Waals surface area contributed by atoms with Crippen LogP contribution >= 0.6 is 0 Å². The first-order valence-electron chi connectivity index (χ1n) is 12.6. The number of nitrogens with one attached hydrogen (secondary N) is 1. The lowest BCUT2D eigenvalue weighted by Crippen LogP contribution is -2.56. The average molecular weight is 435 g/mol. The van der Waals surface area contributed by atoms with Crippen molar-refractivity contribution in [3.05, 3.63) is 65.5 Å². The molecule has 2 aromatic carbocycles. The molecule has 3 aliphatic rings. The van der Waals surface area contributed by atoms with E-state index in [-0.39, 0.29) is 29.7 Å².